The Morgan fingerprint density at radius 3 is 2.40 bits per heavy atom. The van der Waals surface area contributed by atoms with Crippen molar-refractivity contribution in [2.45, 2.75) is 50.2 Å². The maximum atomic E-state index is 13.1. The molecule has 3 unspecified atom stereocenters. The van der Waals surface area contributed by atoms with Crippen LogP contribution in [0.4, 0.5) is 0 Å². The van der Waals surface area contributed by atoms with Crippen LogP contribution < -0.4 is 27.8 Å². The lowest BCUT2D eigenvalue weighted by atomic mass is 10.0. The van der Waals surface area contributed by atoms with Crippen molar-refractivity contribution >= 4 is 29.7 Å². The second kappa shape index (κ2) is 13.1. The third kappa shape index (κ3) is 8.45. The largest absolute Gasteiger partial charge is 0.508 e. The number of phenolic OH excluding ortho intramolecular Hbond substituents is 1. The van der Waals surface area contributed by atoms with Crippen LogP contribution in [0, 0.1) is 0 Å². The van der Waals surface area contributed by atoms with Gasteiger partial charge in [0.1, 0.15) is 23.9 Å². The normalized spacial score (nSPS) is 16.7. The number of benzene rings is 1. The molecule has 3 amide bonds. The molecule has 10 N–H and O–H groups in total. The van der Waals surface area contributed by atoms with Gasteiger partial charge in [0, 0.05) is 19.5 Å². The number of aliphatic imine (C=N–C) groups is 1. The van der Waals surface area contributed by atoms with Gasteiger partial charge in [-0.05, 0) is 43.4 Å². The van der Waals surface area contributed by atoms with Crippen molar-refractivity contribution in [2.75, 3.05) is 19.6 Å². The van der Waals surface area contributed by atoms with Gasteiger partial charge in [-0.15, -0.1) is 0 Å². The molecule has 1 aliphatic heterocycles. The lowest BCUT2D eigenvalue weighted by Gasteiger charge is -2.27. The second-order valence-corrected chi connectivity index (χ2v) is 8.23. The monoisotopic (exact) mass is 491 g/mol. The van der Waals surface area contributed by atoms with Gasteiger partial charge in [-0.1, -0.05) is 12.1 Å². The van der Waals surface area contributed by atoms with Crippen LogP contribution in [0.25, 0.3) is 0 Å². The quantitative estimate of drug-likeness (QED) is 0.0972. The molecule has 13 nitrogen and oxygen atoms in total. The first-order chi connectivity index (χ1) is 16.6. The summed E-state index contributed by atoms with van der Waals surface area (Å²) < 4.78 is 0. The Hall–Kier alpha value is -3.87. The van der Waals surface area contributed by atoms with Gasteiger partial charge in [0.05, 0.1) is 6.54 Å². The van der Waals surface area contributed by atoms with Crippen LogP contribution >= 0.6 is 0 Å². The SMILES string of the molecule is NCC(=O)N1CCCC1C(=O)NC(Cc1ccc(O)cc1)C(=O)NC(CCCN=C(N)N)C(=O)O. The number of carbonyl (C=O) groups is 4. The number of aromatic hydroxyl groups is 1. The van der Waals surface area contributed by atoms with Gasteiger partial charge in [-0.2, -0.15) is 0 Å². The maximum absolute atomic E-state index is 13.1. The topological polar surface area (TPSA) is 226 Å². The Kier molecular flexibility index (Phi) is 10.3. The van der Waals surface area contributed by atoms with E-state index in [4.69, 9.17) is 17.2 Å². The van der Waals surface area contributed by atoms with Crippen LogP contribution in [0.2, 0.25) is 0 Å². The van der Waals surface area contributed by atoms with Gasteiger partial charge in [0.2, 0.25) is 17.7 Å². The molecule has 0 radical (unpaired) electrons. The van der Waals surface area contributed by atoms with E-state index in [2.05, 4.69) is 15.6 Å². The van der Waals surface area contributed by atoms with Crippen molar-refractivity contribution in [1.29, 1.82) is 0 Å². The average molecular weight is 492 g/mol. The fourth-order valence-corrected chi connectivity index (χ4v) is 3.83. The minimum atomic E-state index is -1.24. The van der Waals surface area contributed by atoms with Crippen molar-refractivity contribution in [2.24, 2.45) is 22.2 Å². The molecule has 35 heavy (non-hydrogen) atoms. The summed E-state index contributed by atoms with van der Waals surface area (Å²) in [5, 5.41) is 24.2. The minimum Gasteiger partial charge on any atom is -0.508 e. The molecule has 0 saturated carbocycles. The number of nitrogens with one attached hydrogen (secondary N) is 2. The summed E-state index contributed by atoms with van der Waals surface area (Å²) in [6.45, 7) is 0.351. The Labute approximate surface area is 202 Å². The molecule has 0 aromatic heterocycles. The van der Waals surface area contributed by atoms with E-state index in [1.54, 1.807) is 12.1 Å². The Balaban J connectivity index is 2.15. The van der Waals surface area contributed by atoms with Crippen LogP contribution in [0.15, 0.2) is 29.3 Å². The highest BCUT2D eigenvalue weighted by Gasteiger charge is 2.36. The van der Waals surface area contributed by atoms with Crippen LogP contribution in [-0.4, -0.2) is 82.5 Å². The lowest BCUT2D eigenvalue weighted by Crippen LogP contribution is -2.56. The van der Waals surface area contributed by atoms with Gasteiger partial charge in [0.15, 0.2) is 5.96 Å². The highest BCUT2D eigenvalue weighted by Crippen LogP contribution is 2.18. The summed E-state index contributed by atoms with van der Waals surface area (Å²) in [5.74, 6) is -2.92. The summed E-state index contributed by atoms with van der Waals surface area (Å²) in [6.07, 6.45) is 1.46. The number of carbonyl (C=O) groups excluding carboxylic acids is 3. The molecule has 3 atom stereocenters. The molecule has 1 saturated heterocycles. The van der Waals surface area contributed by atoms with Crippen LogP contribution in [0.1, 0.15) is 31.2 Å². The number of nitrogens with zero attached hydrogens (tertiary/aromatic N) is 2. The van der Waals surface area contributed by atoms with E-state index in [9.17, 15) is 29.4 Å². The maximum Gasteiger partial charge on any atom is 0.326 e. The number of phenols is 1. The number of nitrogens with two attached hydrogens (primary N) is 3. The number of rotatable bonds is 12. The van der Waals surface area contributed by atoms with Gasteiger partial charge in [-0.3, -0.25) is 19.4 Å². The number of guanidine groups is 1. The Morgan fingerprint density at radius 1 is 1.11 bits per heavy atom. The van der Waals surface area contributed by atoms with E-state index in [0.717, 1.165) is 0 Å². The first kappa shape index (κ1) is 27.4. The molecule has 1 heterocycles. The third-order valence-electron chi connectivity index (χ3n) is 5.62. The summed E-state index contributed by atoms with van der Waals surface area (Å²) in [5.41, 5.74) is 16.6. The summed E-state index contributed by atoms with van der Waals surface area (Å²) in [7, 11) is 0. The Morgan fingerprint density at radius 2 is 1.80 bits per heavy atom. The van der Waals surface area contributed by atoms with Crippen molar-refractivity contribution in [1.82, 2.24) is 15.5 Å². The molecule has 192 valence electrons. The van der Waals surface area contributed by atoms with Gasteiger partial charge in [-0.25, -0.2) is 4.79 Å². The summed E-state index contributed by atoms with van der Waals surface area (Å²) >= 11 is 0. The molecule has 1 aliphatic rings. The molecule has 1 aromatic carbocycles. The van der Waals surface area contributed by atoms with Crippen LogP contribution in [0.3, 0.4) is 0 Å². The molecular weight excluding hydrogens is 458 g/mol. The molecular formula is C22H33N7O6. The molecule has 0 spiro atoms. The van der Waals surface area contributed by atoms with Crippen LogP contribution in [-0.2, 0) is 25.6 Å². The molecule has 1 aromatic rings. The molecule has 0 aliphatic carbocycles. The number of carboxylic acid groups (broad SMARTS) is 1. The lowest BCUT2D eigenvalue weighted by molar-refractivity contribution is -0.143. The standard InChI is InChI=1S/C22H33N7O6/c23-12-18(31)29-10-2-4-17(29)20(33)28-16(11-13-5-7-14(30)8-6-13)19(32)27-15(21(34)35)3-1-9-26-22(24)25/h5-8,15-17,30H,1-4,9-12,23H2,(H,27,32)(H,28,33)(H,34,35)(H4,24,25,26). The van der Waals surface area contributed by atoms with Crippen molar-refractivity contribution in [3.8, 4) is 5.75 Å². The van der Waals surface area contributed by atoms with Crippen molar-refractivity contribution in [3.05, 3.63) is 29.8 Å². The highest BCUT2D eigenvalue weighted by atomic mass is 16.4. The smallest absolute Gasteiger partial charge is 0.326 e. The van der Waals surface area contributed by atoms with E-state index in [-0.39, 0.29) is 43.5 Å². The van der Waals surface area contributed by atoms with E-state index < -0.39 is 35.9 Å². The van der Waals surface area contributed by atoms with E-state index in [1.165, 1.54) is 17.0 Å². The first-order valence-electron chi connectivity index (χ1n) is 11.3. The van der Waals surface area contributed by atoms with Gasteiger partial charge in [0.25, 0.3) is 0 Å². The fraction of sp³-hybridized carbons (Fsp3) is 0.500. The number of aliphatic carboxylic acids is 1. The molecule has 1 fully saturated rings. The van der Waals surface area contributed by atoms with E-state index >= 15 is 0 Å². The third-order valence-corrected chi connectivity index (χ3v) is 5.62. The molecule has 2 rings (SSSR count). The van der Waals surface area contributed by atoms with Gasteiger partial charge < -0.3 is 42.9 Å². The molecule has 13 heteroatoms. The number of hydrogen-bond acceptors (Lipinski definition) is 7. The number of amides is 3. The molecule has 0 bridgehead atoms. The van der Waals surface area contributed by atoms with Crippen LogP contribution in [0.5, 0.6) is 5.75 Å². The Bertz CT molecular complexity index is 933. The van der Waals surface area contributed by atoms with Crippen molar-refractivity contribution in [3.63, 3.8) is 0 Å². The minimum absolute atomic E-state index is 0.0346. The number of carboxylic acids is 1. The second-order valence-electron chi connectivity index (χ2n) is 8.23. The van der Waals surface area contributed by atoms with Gasteiger partial charge >= 0.3 is 5.97 Å². The highest BCUT2D eigenvalue weighted by molar-refractivity contribution is 5.94. The zero-order chi connectivity index (χ0) is 26.0. The van der Waals surface area contributed by atoms with E-state index in [1.807, 2.05) is 0 Å². The zero-order valence-electron chi connectivity index (χ0n) is 19.4. The number of hydrogen-bond donors (Lipinski definition) is 7. The first-order valence-corrected chi connectivity index (χ1v) is 11.3. The predicted octanol–water partition coefficient (Wildman–Crippen LogP) is -2.01. The summed E-state index contributed by atoms with van der Waals surface area (Å²) in [4.78, 5) is 55.1. The average Bonchev–Trinajstić information content (AvgIpc) is 3.31. The number of likely N-dealkylation sites (tertiary alicyclic amines) is 1. The van der Waals surface area contributed by atoms with Crippen molar-refractivity contribution < 1.29 is 29.4 Å². The predicted molar refractivity (Wildman–Crippen MR) is 127 cm³/mol. The summed E-state index contributed by atoms with van der Waals surface area (Å²) in [6, 6.07) is 2.94. The fourth-order valence-electron chi connectivity index (χ4n) is 3.83. The van der Waals surface area contributed by atoms with E-state index in [0.29, 0.717) is 31.4 Å². The zero-order valence-corrected chi connectivity index (χ0v) is 19.4.